The van der Waals surface area contributed by atoms with Crippen molar-refractivity contribution < 1.29 is 4.79 Å². The van der Waals surface area contributed by atoms with E-state index in [0.29, 0.717) is 22.2 Å². The lowest BCUT2D eigenvalue weighted by Crippen LogP contribution is -2.58. The molecule has 0 saturated heterocycles. The number of nitrogen functional groups attached to an aromatic ring is 1. The number of carbonyl (C=O) groups is 1. The third-order valence-electron chi connectivity index (χ3n) is 5.76. The van der Waals surface area contributed by atoms with Crippen molar-refractivity contribution in [3.8, 4) is 0 Å². The van der Waals surface area contributed by atoms with Gasteiger partial charge in [-0.15, -0.1) is 4.91 Å². The Balaban J connectivity index is 2.23. The molecule has 0 saturated carbocycles. The summed E-state index contributed by atoms with van der Waals surface area (Å²) in [5.74, 6) is 4.66. The van der Waals surface area contributed by atoms with Crippen LogP contribution in [0.4, 0.5) is 5.69 Å². The van der Waals surface area contributed by atoms with Gasteiger partial charge in [0.15, 0.2) is 0 Å². The maximum Gasteiger partial charge on any atom is 0.353 e. The van der Waals surface area contributed by atoms with E-state index in [4.69, 9.17) is 17.4 Å². The van der Waals surface area contributed by atoms with Crippen LogP contribution in [0.1, 0.15) is 37.5 Å². The van der Waals surface area contributed by atoms with E-state index in [0.717, 1.165) is 21.2 Å². The molecule has 190 valence electrons. The smallest absolute Gasteiger partial charge is 0.332 e. The maximum atomic E-state index is 13.5. The minimum atomic E-state index is -0.990. The Labute approximate surface area is 212 Å². The van der Waals surface area contributed by atoms with Crippen LogP contribution in [-0.2, 0) is 24.3 Å². The molecule has 3 aromatic rings. The number of nitrogens with two attached hydrogens (primary N) is 1. The SMILES string of the molecule is Cc1cc(N=c2n(N)c(=O)n(CC(C)C(=O)N=O)c(=O)n2Cc2ccc(Cl)cc2)ccc1CC(C)C. The van der Waals surface area contributed by atoms with Gasteiger partial charge in [-0.1, -0.05) is 50.6 Å². The number of rotatable bonds is 8. The van der Waals surface area contributed by atoms with Gasteiger partial charge in [0.05, 0.1) is 18.2 Å². The lowest BCUT2D eigenvalue weighted by Gasteiger charge is -2.15. The highest BCUT2D eigenvalue weighted by Gasteiger charge is 2.20. The molecule has 0 aliphatic carbocycles. The number of nitrogens with zero attached hydrogens (tertiary/aromatic N) is 5. The molecule has 0 aliphatic rings. The molecule has 11 heteroatoms. The van der Waals surface area contributed by atoms with Gasteiger partial charge in [0.25, 0.3) is 5.91 Å². The molecule has 10 nitrogen and oxygen atoms in total. The van der Waals surface area contributed by atoms with Crippen molar-refractivity contribution in [3.63, 3.8) is 0 Å². The Bertz CT molecular complexity index is 1470. The van der Waals surface area contributed by atoms with E-state index >= 15 is 0 Å². The summed E-state index contributed by atoms with van der Waals surface area (Å²) in [6, 6.07) is 12.5. The van der Waals surface area contributed by atoms with Gasteiger partial charge in [-0.25, -0.2) is 19.1 Å². The summed E-state index contributed by atoms with van der Waals surface area (Å²) in [5.41, 5.74) is 1.78. The first-order valence-corrected chi connectivity index (χ1v) is 11.9. The second kappa shape index (κ2) is 11.3. The van der Waals surface area contributed by atoms with Crippen LogP contribution in [-0.4, -0.2) is 19.7 Å². The highest BCUT2D eigenvalue weighted by molar-refractivity contribution is 6.30. The van der Waals surface area contributed by atoms with E-state index < -0.39 is 23.2 Å². The molecule has 1 unspecified atom stereocenters. The molecule has 0 aliphatic heterocycles. The quantitative estimate of drug-likeness (QED) is 0.366. The van der Waals surface area contributed by atoms with Crippen molar-refractivity contribution in [3.05, 3.63) is 95.7 Å². The minimum absolute atomic E-state index is 0.0327. The summed E-state index contributed by atoms with van der Waals surface area (Å²) in [6.07, 6.45) is 0.910. The summed E-state index contributed by atoms with van der Waals surface area (Å²) in [6.45, 7) is 7.33. The van der Waals surface area contributed by atoms with E-state index in [1.807, 2.05) is 25.1 Å². The van der Waals surface area contributed by atoms with Crippen LogP contribution in [0.3, 0.4) is 0 Å². The predicted molar refractivity (Wildman–Crippen MR) is 139 cm³/mol. The largest absolute Gasteiger partial charge is 0.353 e. The van der Waals surface area contributed by atoms with Crippen molar-refractivity contribution in [1.82, 2.24) is 13.8 Å². The number of aryl methyl sites for hydroxylation is 1. The van der Waals surface area contributed by atoms with Crippen LogP contribution in [0, 0.1) is 23.7 Å². The van der Waals surface area contributed by atoms with Gasteiger partial charge in [0.1, 0.15) is 0 Å². The van der Waals surface area contributed by atoms with E-state index in [2.05, 4.69) is 24.0 Å². The molecular formula is C25H29ClN6O4. The van der Waals surface area contributed by atoms with Crippen LogP contribution in [0.15, 0.2) is 62.2 Å². The normalized spacial score (nSPS) is 12.7. The fourth-order valence-corrected chi connectivity index (χ4v) is 3.94. The van der Waals surface area contributed by atoms with Crippen molar-refractivity contribution in [2.45, 2.75) is 47.2 Å². The molecule has 36 heavy (non-hydrogen) atoms. The molecule has 2 N–H and O–H groups in total. The summed E-state index contributed by atoms with van der Waals surface area (Å²) in [4.78, 5) is 53.4. The Morgan fingerprint density at radius 3 is 2.28 bits per heavy atom. The first-order chi connectivity index (χ1) is 17.0. The van der Waals surface area contributed by atoms with Gasteiger partial charge in [-0.3, -0.25) is 9.36 Å². The van der Waals surface area contributed by atoms with Gasteiger partial charge in [0.2, 0.25) is 5.62 Å². The van der Waals surface area contributed by atoms with E-state index in [9.17, 15) is 19.3 Å². The highest BCUT2D eigenvalue weighted by Crippen LogP contribution is 2.20. The third-order valence-corrected chi connectivity index (χ3v) is 6.01. The molecule has 0 bridgehead atoms. The minimum Gasteiger partial charge on any atom is -0.332 e. The van der Waals surface area contributed by atoms with E-state index in [1.54, 1.807) is 24.3 Å². The van der Waals surface area contributed by atoms with Crippen LogP contribution in [0.25, 0.3) is 0 Å². The van der Waals surface area contributed by atoms with Crippen LogP contribution in [0.2, 0.25) is 5.02 Å². The fraction of sp³-hybridized carbons (Fsp3) is 0.360. The summed E-state index contributed by atoms with van der Waals surface area (Å²) in [5, 5.41) is 2.92. The molecule has 0 radical (unpaired) electrons. The van der Waals surface area contributed by atoms with E-state index in [1.165, 1.54) is 17.1 Å². The third kappa shape index (κ3) is 6.06. The number of halogens is 1. The van der Waals surface area contributed by atoms with Gasteiger partial charge in [0, 0.05) is 16.7 Å². The summed E-state index contributed by atoms with van der Waals surface area (Å²) < 4.78 is 2.81. The summed E-state index contributed by atoms with van der Waals surface area (Å²) in [7, 11) is 0. The first kappa shape index (κ1) is 26.8. The molecule has 0 spiro atoms. The van der Waals surface area contributed by atoms with Crippen LogP contribution in [0.5, 0.6) is 0 Å². The molecule has 1 amide bonds. The van der Waals surface area contributed by atoms with Gasteiger partial charge >= 0.3 is 11.4 Å². The predicted octanol–water partition coefficient (Wildman–Crippen LogP) is 2.90. The second-order valence-corrected chi connectivity index (χ2v) is 9.65. The number of aromatic nitrogens is 3. The van der Waals surface area contributed by atoms with Crippen molar-refractivity contribution in [1.29, 1.82) is 0 Å². The average Bonchev–Trinajstić information content (AvgIpc) is 2.84. The standard InChI is InChI=1S/C25H29ClN6O4/c1-15(2)11-19-7-10-21(12-16(19)3)28-23-30(14-18-5-8-20(26)9-6-18)24(34)31(25(35)32(23)27)13-17(4)22(33)29-36/h5-10,12,15,17H,11,13-14,27H2,1-4H3. The van der Waals surface area contributed by atoms with E-state index in [-0.39, 0.29) is 18.7 Å². The topological polar surface area (TPSA) is 134 Å². The fourth-order valence-electron chi connectivity index (χ4n) is 3.82. The number of nitroso groups, excluding NO2 is 1. The Morgan fingerprint density at radius 2 is 1.69 bits per heavy atom. The zero-order valence-electron chi connectivity index (χ0n) is 20.6. The number of benzene rings is 2. The highest BCUT2D eigenvalue weighted by atomic mass is 35.5. The van der Waals surface area contributed by atoms with Crippen LogP contribution >= 0.6 is 11.6 Å². The Hall–Kier alpha value is -3.79. The zero-order valence-corrected chi connectivity index (χ0v) is 21.4. The number of hydrogen-bond donors (Lipinski definition) is 1. The Kier molecular flexibility index (Phi) is 8.41. The van der Waals surface area contributed by atoms with Gasteiger partial charge < -0.3 is 5.84 Å². The monoisotopic (exact) mass is 512 g/mol. The molecule has 2 aromatic carbocycles. The summed E-state index contributed by atoms with van der Waals surface area (Å²) >= 11 is 5.99. The Morgan fingerprint density at radius 1 is 1.03 bits per heavy atom. The zero-order chi connectivity index (χ0) is 26.6. The van der Waals surface area contributed by atoms with Crippen LogP contribution < -0.4 is 22.8 Å². The van der Waals surface area contributed by atoms with Gasteiger partial charge in [-0.05, 0) is 60.2 Å². The molecule has 3 rings (SSSR count). The van der Waals surface area contributed by atoms with Crippen molar-refractivity contribution >= 4 is 23.2 Å². The number of carbonyl (C=O) groups excluding carboxylic acids is 1. The molecule has 1 heterocycles. The average molecular weight is 513 g/mol. The molecular weight excluding hydrogens is 484 g/mol. The molecule has 1 aromatic heterocycles. The first-order valence-electron chi connectivity index (χ1n) is 11.5. The van der Waals surface area contributed by atoms with Crippen molar-refractivity contribution in [2.24, 2.45) is 22.0 Å². The van der Waals surface area contributed by atoms with Gasteiger partial charge in [-0.2, -0.15) is 4.68 Å². The van der Waals surface area contributed by atoms with Crippen molar-refractivity contribution in [2.75, 3.05) is 5.84 Å². The molecule has 1 atom stereocenters. The maximum absolute atomic E-state index is 13.5. The lowest BCUT2D eigenvalue weighted by molar-refractivity contribution is -0.121. The second-order valence-electron chi connectivity index (χ2n) is 9.21. The molecule has 0 fully saturated rings. The number of hydrogen-bond acceptors (Lipinski definition) is 6. The number of amides is 1. The lowest BCUT2D eigenvalue weighted by atomic mass is 9.98.